The van der Waals surface area contributed by atoms with E-state index >= 15 is 0 Å². The zero-order valence-electron chi connectivity index (χ0n) is 8.04. The Morgan fingerprint density at radius 1 is 1.38 bits per heavy atom. The summed E-state index contributed by atoms with van der Waals surface area (Å²) in [6.07, 6.45) is 4.07. The number of nitrogens with one attached hydrogen (secondary N) is 1. The summed E-state index contributed by atoms with van der Waals surface area (Å²) in [7, 11) is 0. The van der Waals surface area contributed by atoms with E-state index in [-0.39, 0.29) is 5.41 Å². The number of rotatable bonds is 1. The Labute approximate surface area is 78.7 Å². The predicted octanol–water partition coefficient (Wildman–Crippen LogP) is 2.05. The fourth-order valence-electron chi connectivity index (χ4n) is 1.50. The number of hydrogen-bond acceptors (Lipinski definition) is 2. The number of aromatic nitrogens is 1. The van der Waals surface area contributed by atoms with Crippen LogP contribution < -0.4 is 5.32 Å². The van der Waals surface area contributed by atoms with Gasteiger partial charge >= 0.3 is 0 Å². The van der Waals surface area contributed by atoms with Gasteiger partial charge < -0.3 is 5.32 Å². The Kier molecular flexibility index (Phi) is 1.83. The van der Waals surface area contributed by atoms with E-state index < -0.39 is 0 Å². The van der Waals surface area contributed by atoms with Gasteiger partial charge in [-0.1, -0.05) is 26.0 Å². The lowest BCUT2D eigenvalue weighted by molar-refractivity contribution is 0.497. The highest BCUT2D eigenvalue weighted by atomic mass is 14.9. The summed E-state index contributed by atoms with van der Waals surface area (Å²) in [5.74, 6) is 0. The van der Waals surface area contributed by atoms with E-state index in [4.69, 9.17) is 0 Å². The van der Waals surface area contributed by atoms with Crippen LogP contribution >= 0.6 is 0 Å². The number of nitrogens with zero attached hydrogens (tertiary/aromatic N) is 1. The van der Waals surface area contributed by atoms with Gasteiger partial charge in [-0.25, -0.2) is 0 Å². The molecule has 1 N–H and O–H groups in total. The van der Waals surface area contributed by atoms with Gasteiger partial charge in [0.2, 0.25) is 0 Å². The Morgan fingerprint density at radius 2 is 2.23 bits per heavy atom. The molecule has 0 saturated heterocycles. The van der Waals surface area contributed by atoms with Gasteiger partial charge in [0.15, 0.2) is 0 Å². The highest BCUT2D eigenvalue weighted by molar-refractivity contribution is 5.63. The molecule has 13 heavy (non-hydrogen) atoms. The second-order valence-corrected chi connectivity index (χ2v) is 4.12. The standard InChI is InChI=1S/C11H14N2/c1-11(2)7-10(13-8-11)9-5-3-4-6-12-9/h3-7,13H,8H2,1-2H3. The first-order valence-electron chi connectivity index (χ1n) is 4.55. The zero-order valence-corrected chi connectivity index (χ0v) is 8.04. The Hall–Kier alpha value is -1.31. The average molecular weight is 174 g/mol. The summed E-state index contributed by atoms with van der Waals surface area (Å²) >= 11 is 0. The van der Waals surface area contributed by atoms with Gasteiger partial charge in [0, 0.05) is 18.2 Å². The molecule has 2 rings (SSSR count). The van der Waals surface area contributed by atoms with Crippen molar-refractivity contribution in [3.05, 3.63) is 36.2 Å². The summed E-state index contributed by atoms with van der Waals surface area (Å²) in [5, 5.41) is 3.36. The molecule has 1 aliphatic heterocycles. The molecule has 0 amide bonds. The van der Waals surface area contributed by atoms with Crippen LogP contribution in [-0.4, -0.2) is 11.5 Å². The van der Waals surface area contributed by atoms with E-state index in [1.54, 1.807) is 0 Å². The fourth-order valence-corrected chi connectivity index (χ4v) is 1.50. The molecule has 1 aromatic heterocycles. The van der Waals surface area contributed by atoms with Crippen molar-refractivity contribution in [1.29, 1.82) is 0 Å². The van der Waals surface area contributed by atoms with Crippen LogP contribution in [0.25, 0.3) is 5.70 Å². The van der Waals surface area contributed by atoms with Crippen LogP contribution in [0.4, 0.5) is 0 Å². The van der Waals surface area contributed by atoms with Crippen LogP contribution in [0.15, 0.2) is 30.5 Å². The lowest BCUT2D eigenvalue weighted by Gasteiger charge is -2.11. The van der Waals surface area contributed by atoms with Crippen molar-refractivity contribution in [2.75, 3.05) is 6.54 Å². The third-order valence-electron chi connectivity index (χ3n) is 2.21. The van der Waals surface area contributed by atoms with Gasteiger partial charge in [0.1, 0.15) is 0 Å². The molecule has 0 bridgehead atoms. The van der Waals surface area contributed by atoms with E-state index in [1.165, 1.54) is 0 Å². The van der Waals surface area contributed by atoms with Crippen LogP contribution in [0, 0.1) is 5.41 Å². The SMILES string of the molecule is CC1(C)C=C(c2ccccn2)NC1. The maximum absolute atomic E-state index is 4.30. The van der Waals surface area contributed by atoms with Crippen LogP contribution in [0.2, 0.25) is 0 Å². The summed E-state index contributed by atoms with van der Waals surface area (Å²) in [5.41, 5.74) is 2.45. The third-order valence-corrected chi connectivity index (χ3v) is 2.21. The van der Waals surface area contributed by atoms with Crippen LogP contribution in [0.3, 0.4) is 0 Å². The molecule has 0 fully saturated rings. The second kappa shape index (κ2) is 2.87. The van der Waals surface area contributed by atoms with Crippen molar-refractivity contribution in [1.82, 2.24) is 10.3 Å². The van der Waals surface area contributed by atoms with Crippen molar-refractivity contribution in [2.45, 2.75) is 13.8 Å². The predicted molar refractivity (Wildman–Crippen MR) is 54.0 cm³/mol. The van der Waals surface area contributed by atoms with Crippen molar-refractivity contribution in [3.63, 3.8) is 0 Å². The molecule has 0 radical (unpaired) electrons. The molecule has 0 unspecified atom stereocenters. The van der Waals surface area contributed by atoms with Gasteiger partial charge in [-0.2, -0.15) is 0 Å². The maximum Gasteiger partial charge on any atom is 0.0857 e. The zero-order chi connectivity index (χ0) is 9.31. The molecule has 2 heterocycles. The van der Waals surface area contributed by atoms with Gasteiger partial charge in [-0.3, -0.25) is 4.98 Å². The largest absolute Gasteiger partial charge is 0.383 e. The van der Waals surface area contributed by atoms with Crippen molar-refractivity contribution in [2.24, 2.45) is 5.41 Å². The molecule has 2 nitrogen and oxygen atoms in total. The normalized spacial score (nSPS) is 19.4. The summed E-state index contributed by atoms with van der Waals surface area (Å²) in [6.45, 7) is 5.44. The van der Waals surface area contributed by atoms with Crippen LogP contribution in [-0.2, 0) is 0 Å². The molecule has 0 aromatic carbocycles. The highest BCUT2D eigenvalue weighted by Gasteiger charge is 2.23. The first-order chi connectivity index (χ1) is 6.17. The van der Waals surface area contributed by atoms with Gasteiger partial charge in [0.05, 0.1) is 11.4 Å². The van der Waals surface area contributed by atoms with Crippen molar-refractivity contribution >= 4 is 5.70 Å². The minimum absolute atomic E-state index is 0.257. The molecule has 0 atom stereocenters. The van der Waals surface area contributed by atoms with Gasteiger partial charge in [0.25, 0.3) is 0 Å². The van der Waals surface area contributed by atoms with Crippen LogP contribution in [0.5, 0.6) is 0 Å². The minimum atomic E-state index is 0.257. The monoisotopic (exact) mass is 174 g/mol. The smallest absolute Gasteiger partial charge is 0.0857 e. The Morgan fingerprint density at radius 3 is 2.77 bits per heavy atom. The molecule has 0 aliphatic carbocycles. The quantitative estimate of drug-likeness (QED) is 0.704. The lowest BCUT2D eigenvalue weighted by atomic mass is 9.95. The van der Waals surface area contributed by atoms with Crippen LogP contribution in [0.1, 0.15) is 19.5 Å². The second-order valence-electron chi connectivity index (χ2n) is 4.12. The minimum Gasteiger partial charge on any atom is -0.383 e. The van der Waals surface area contributed by atoms with E-state index in [0.29, 0.717) is 0 Å². The lowest BCUT2D eigenvalue weighted by Crippen LogP contribution is -2.17. The molecular weight excluding hydrogens is 160 g/mol. The van der Waals surface area contributed by atoms with Crippen molar-refractivity contribution in [3.8, 4) is 0 Å². The van der Waals surface area contributed by atoms with Gasteiger partial charge in [-0.05, 0) is 12.1 Å². The maximum atomic E-state index is 4.30. The third kappa shape index (κ3) is 1.72. The summed E-state index contributed by atoms with van der Waals surface area (Å²) in [6, 6.07) is 5.97. The van der Waals surface area contributed by atoms with E-state index in [1.807, 2.05) is 24.4 Å². The molecule has 1 aromatic rings. The van der Waals surface area contributed by atoms with E-state index in [2.05, 4.69) is 30.2 Å². The topological polar surface area (TPSA) is 24.9 Å². The average Bonchev–Trinajstić information content (AvgIpc) is 2.48. The highest BCUT2D eigenvalue weighted by Crippen LogP contribution is 2.27. The molecule has 68 valence electrons. The van der Waals surface area contributed by atoms with Crippen molar-refractivity contribution < 1.29 is 0 Å². The van der Waals surface area contributed by atoms with E-state index in [9.17, 15) is 0 Å². The molecule has 0 saturated carbocycles. The number of hydrogen-bond donors (Lipinski definition) is 1. The Bertz CT molecular complexity index is 325. The summed E-state index contributed by atoms with van der Waals surface area (Å²) < 4.78 is 0. The van der Waals surface area contributed by atoms with Gasteiger partial charge in [-0.15, -0.1) is 0 Å². The first kappa shape index (κ1) is 8.30. The number of pyridine rings is 1. The molecule has 1 aliphatic rings. The Balaban J connectivity index is 2.30. The van der Waals surface area contributed by atoms with E-state index in [0.717, 1.165) is 17.9 Å². The molecule has 0 spiro atoms. The fraction of sp³-hybridized carbons (Fsp3) is 0.364. The molecule has 2 heteroatoms. The first-order valence-corrected chi connectivity index (χ1v) is 4.55. The summed E-state index contributed by atoms with van der Waals surface area (Å²) in [4.78, 5) is 4.30. The molecular formula is C11H14N2.